The van der Waals surface area contributed by atoms with Gasteiger partial charge in [-0.1, -0.05) is 37.6 Å². The van der Waals surface area contributed by atoms with Crippen LogP contribution in [0, 0.1) is 13.8 Å². The molecule has 3 aromatic heterocycles. The van der Waals surface area contributed by atoms with Gasteiger partial charge >= 0.3 is 0 Å². The number of carbonyl (C=O) groups is 3. The fourth-order valence-electron chi connectivity index (χ4n) is 8.01. The Kier molecular flexibility index (Phi) is 13.8. The van der Waals surface area contributed by atoms with E-state index in [1.807, 2.05) is 50.4 Å². The minimum atomic E-state index is -0.282. The zero-order chi connectivity index (χ0) is 42.3. The van der Waals surface area contributed by atoms with E-state index in [0.29, 0.717) is 77.2 Å². The third-order valence-corrected chi connectivity index (χ3v) is 12.8. The van der Waals surface area contributed by atoms with Crippen molar-refractivity contribution in [3.05, 3.63) is 75.3 Å². The van der Waals surface area contributed by atoms with Gasteiger partial charge in [-0.15, -0.1) is 0 Å². The molecule has 1 aliphatic carbocycles. The van der Waals surface area contributed by atoms with Crippen molar-refractivity contribution in [3.8, 4) is 0 Å². The van der Waals surface area contributed by atoms with Crippen LogP contribution in [0.2, 0.25) is 0 Å². The number of pyridine rings is 2. The van der Waals surface area contributed by atoms with E-state index in [0.717, 1.165) is 68.8 Å². The minimum Gasteiger partial charge on any atom is -0.382 e. The number of aryl methyl sites for hydroxylation is 1. The maximum absolute atomic E-state index is 13.6. The number of hydrogen-bond acceptors (Lipinski definition) is 14. The van der Waals surface area contributed by atoms with Gasteiger partial charge in [0.25, 0.3) is 11.5 Å². The van der Waals surface area contributed by atoms with Gasteiger partial charge in [0.05, 0.1) is 43.2 Å². The fraction of sp³-hybridized carbons (Fsp3) is 0.488. The van der Waals surface area contributed by atoms with E-state index >= 15 is 0 Å². The number of rotatable bonds is 15. The Bertz CT molecular complexity index is 2300. The van der Waals surface area contributed by atoms with Crippen molar-refractivity contribution in [2.24, 2.45) is 4.99 Å². The number of aromatic nitrogens is 4. The summed E-state index contributed by atoms with van der Waals surface area (Å²) in [6, 6.07) is 9.67. The van der Waals surface area contributed by atoms with Crippen LogP contribution in [0.25, 0.3) is 11.0 Å². The zero-order valence-electron chi connectivity index (χ0n) is 35.0. The fourth-order valence-corrected chi connectivity index (χ4v) is 9.00. The summed E-state index contributed by atoms with van der Waals surface area (Å²) in [6.07, 6.45) is 7.31. The van der Waals surface area contributed by atoms with Gasteiger partial charge in [0.2, 0.25) is 11.9 Å². The number of fused-ring (bicyclic) bond motifs is 1. The lowest BCUT2D eigenvalue weighted by molar-refractivity contribution is -0.122. The number of aliphatic imine (C=N–C) groups is 1. The van der Waals surface area contributed by atoms with Crippen molar-refractivity contribution in [3.63, 3.8) is 0 Å². The summed E-state index contributed by atoms with van der Waals surface area (Å²) in [5.41, 5.74) is 4.38. The number of carbonyl (C=O) groups excluding carboxylic acids is 3. The highest BCUT2D eigenvalue weighted by atomic mass is 32.2. The summed E-state index contributed by atoms with van der Waals surface area (Å²) in [4.78, 5) is 74.4. The van der Waals surface area contributed by atoms with Crippen LogP contribution in [0.5, 0.6) is 0 Å². The lowest BCUT2D eigenvalue weighted by Gasteiger charge is -2.35. The van der Waals surface area contributed by atoms with E-state index in [1.54, 1.807) is 29.4 Å². The maximum Gasteiger partial charge on any atom is 0.263 e. The molecular weight excluding hydrogens is 783 g/mol. The van der Waals surface area contributed by atoms with Gasteiger partial charge in [-0.25, -0.2) is 9.97 Å². The average Bonchev–Trinajstić information content (AvgIpc) is 3.87. The number of hydrogen-bond donors (Lipinski definition) is 4. The molecule has 1 aromatic carbocycles. The molecule has 16 nitrogen and oxygen atoms in total. The van der Waals surface area contributed by atoms with E-state index in [2.05, 4.69) is 53.0 Å². The van der Waals surface area contributed by atoms with Crippen LogP contribution in [-0.2, 0) is 9.53 Å². The molecule has 4 aromatic rings. The number of benzene rings is 1. The number of ketones is 1. The number of nitrogens with zero attached hydrogens (tertiary/aromatic N) is 7. The molecule has 2 aliphatic heterocycles. The summed E-state index contributed by atoms with van der Waals surface area (Å²) >= 11 is 1.58. The predicted molar refractivity (Wildman–Crippen MR) is 237 cm³/mol. The van der Waals surface area contributed by atoms with E-state index in [9.17, 15) is 19.2 Å². The van der Waals surface area contributed by atoms with Crippen LogP contribution in [-0.4, -0.2) is 118 Å². The quantitative estimate of drug-likeness (QED) is 0.0942. The predicted octanol–water partition coefficient (Wildman–Crippen LogP) is 4.84. The first kappa shape index (κ1) is 42.7. The van der Waals surface area contributed by atoms with Gasteiger partial charge in [-0.05, 0) is 75.9 Å². The van der Waals surface area contributed by atoms with Crippen LogP contribution in [0.1, 0.15) is 84.3 Å². The second-order valence-electron chi connectivity index (χ2n) is 15.7. The number of Topliss-reactive ketones (excluding diaryl/α,β-unsaturated/α-hetero) is 1. The number of ether oxygens (including phenoxy) is 1. The van der Waals surface area contributed by atoms with Crippen molar-refractivity contribution >= 4 is 68.7 Å². The molecule has 318 valence electrons. The number of anilines is 4. The van der Waals surface area contributed by atoms with Gasteiger partial charge in [-0.2, -0.15) is 4.98 Å². The highest BCUT2D eigenvalue weighted by molar-refractivity contribution is 8.14. The van der Waals surface area contributed by atoms with Crippen LogP contribution in [0.3, 0.4) is 0 Å². The second kappa shape index (κ2) is 19.3. The number of piperazine rings is 1. The molecule has 0 radical (unpaired) electrons. The van der Waals surface area contributed by atoms with Crippen LogP contribution < -0.4 is 31.7 Å². The van der Waals surface area contributed by atoms with Crippen molar-refractivity contribution < 1.29 is 19.1 Å². The number of nitrogens with one attached hydrogen (secondary N) is 4. The summed E-state index contributed by atoms with van der Waals surface area (Å²) in [7, 11) is 0. The Balaban J connectivity index is 0.812. The Hall–Kier alpha value is -5.39. The minimum absolute atomic E-state index is 0.00231. The summed E-state index contributed by atoms with van der Waals surface area (Å²) in [5, 5.41) is 14.1. The van der Waals surface area contributed by atoms with Gasteiger partial charge in [-0.3, -0.25) is 33.6 Å². The van der Waals surface area contributed by atoms with Crippen molar-refractivity contribution in [2.75, 3.05) is 74.6 Å². The average molecular weight is 838 g/mol. The largest absolute Gasteiger partial charge is 0.382 e. The van der Waals surface area contributed by atoms with Crippen LogP contribution >= 0.6 is 11.8 Å². The second-order valence-corrected chi connectivity index (χ2v) is 17.1. The Morgan fingerprint density at radius 2 is 1.70 bits per heavy atom. The van der Waals surface area contributed by atoms with Crippen molar-refractivity contribution in [2.45, 2.75) is 77.6 Å². The van der Waals surface area contributed by atoms with E-state index in [4.69, 9.17) is 9.72 Å². The molecule has 4 N–H and O–H groups in total. The number of thioether (sulfide) groups is 1. The standard InChI is InChI=1S/C43H55N11O5S/c1-26-33(40(57)51-43-48-28(3)30(5)60-43)11-8-12-35(26)44-15-21-59-22-16-45-37(56)25-52-17-19-53(20-18-52)32-13-14-36(46-23-32)49-42-47-24-34-27(2)38(29(4)55)41(58)54(39(34)50-42)31-9-6-7-10-31/h8,11-14,23-24,28,30-31,44H,6-7,9-10,15-22,25H2,1-5H3,(H,45,56)(H,48,51,57)(H,46,47,49,50). The highest BCUT2D eigenvalue weighted by Crippen LogP contribution is 2.32. The summed E-state index contributed by atoms with van der Waals surface area (Å²) in [6.45, 7) is 14.4. The number of amides is 2. The molecule has 0 spiro atoms. The van der Waals surface area contributed by atoms with Crippen molar-refractivity contribution in [1.29, 1.82) is 0 Å². The molecule has 0 bridgehead atoms. The molecule has 60 heavy (non-hydrogen) atoms. The molecule has 2 atom stereocenters. The SMILES string of the molecule is CC(=O)c1c(C)c2cnc(Nc3ccc(N4CCN(CC(=O)NCCOCCNc5cccc(C(=O)NC6=NC(C)C(C)S6)c5C)CC4)cn3)nc2n(C2CCCC2)c1=O. The molecule has 2 amide bonds. The van der Waals surface area contributed by atoms with Gasteiger partial charge in [0.15, 0.2) is 11.0 Å². The third kappa shape index (κ3) is 9.96. The molecule has 7 rings (SSSR count). The molecule has 17 heteroatoms. The summed E-state index contributed by atoms with van der Waals surface area (Å²) < 4.78 is 7.46. The van der Waals surface area contributed by atoms with Crippen molar-refractivity contribution in [1.82, 2.24) is 35.1 Å². The normalized spacial score (nSPS) is 18.4. The lowest BCUT2D eigenvalue weighted by atomic mass is 10.0. The number of amidine groups is 1. The first-order chi connectivity index (χ1) is 29.0. The van der Waals surface area contributed by atoms with Gasteiger partial charge in [0.1, 0.15) is 11.5 Å². The molecule has 5 heterocycles. The van der Waals surface area contributed by atoms with Gasteiger partial charge in [0, 0.05) is 73.4 Å². The van der Waals surface area contributed by atoms with Gasteiger partial charge < -0.3 is 30.9 Å². The Labute approximate surface area is 354 Å². The third-order valence-electron chi connectivity index (χ3n) is 11.6. The smallest absolute Gasteiger partial charge is 0.263 e. The van der Waals surface area contributed by atoms with E-state index < -0.39 is 0 Å². The first-order valence-electron chi connectivity index (χ1n) is 20.8. The zero-order valence-corrected chi connectivity index (χ0v) is 35.9. The molecular formula is C43H55N11O5S. The maximum atomic E-state index is 13.6. The van der Waals surface area contributed by atoms with Crippen LogP contribution in [0.4, 0.5) is 23.1 Å². The van der Waals surface area contributed by atoms with E-state index in [-0.39, 0.29) is 40.8 Å². The topological polar surface area (TPSA) is 188 Å². The lowest BCUT2D eigenvalue weighted by Crippen LogP contribution is -2.49. The van der Waals surface area contributed by atoms with E-state index in [1.165, 1.54) is 6.92 Å². The summed E-state index contributed by atoms with van der Waals surface area (Å²) in [5.74, 6) is 0.447. The Morgan fingerprint density at radius 1 is 0.933 bits per heavy atom. The molecule has 2 unspecified atom stereocenters. The molecule has 3 aliphatic rings. The molecule has 1 saturated heterocycles. The molecule has 2 fully saturated rings. The first-order valence-corrected chi connectivity index (χ1v) is 21.7. The Morgan fingerprint density at radius 3 is 2.40 bits per heavy atom. The molecule has 1 saturated carbocycles. The monoisotopic (exact) mass is 837 g/mol. The highest BCUT2D eigenvalue weighted by Gasteiger charge is 2.27. The van der Waals surface area contributed by atoms with Crippen LogP contribution in [0.15, 0.2) is 52.5 Å².